The molecule has 0 aromatic rings. The first kappa shape index (κ1) is 15.2. The fourth-order valence-electron chi connectivity index (χ4n) is 1.23. The highest BCUT2D eigenvalue weighted by molar-refractivity contribution is 8.30. The number of nitrogens with zero attached hydrogens (tertiary/aromatic N) is 1. The quantitative estimate of drug-likeness (QED) is 0.336. The molecule has 1 N–H and O–H groups in total. The second-order valence-electron chi connectivity index (χ2n) is 3.93. The summed E-state index contributed by atoms with van der Waals surface area (Å²) in [4.78, 5) is 3.19. The van der Waals surface area contributed by atoms with Gasteiger partial charge in [0.15, 0.2) is 0 Å². The van der Waals surface area contributed by atoms with E-state index < -0.39 is 0 Å². The van der Waals surface area contributed by atoms with Crippen LogP contribution in [0.2, 0.25) is 0 Å². The summed E-state index contributed by atoms with van der Waals surface area (Å²) in [5.41, 5.74) is 1.27. The van der Waals surface area contributed by atoms with E-state index >= 15 is 0 Å². The Bertz CT molecular complexity index is 325. The van der Waals surface area contributed by atoms with Gasteiger partial charge in [-0.3, -0.25) is 5.41 Å². The Morgan fingerprint density at radius 1 is 1.31 bits per heavy atom. The molecule has 3 heteroatoms. The van der Waals surface area contributed by atoms with Crippen LogP contribution in [-0.2, 0) is 0 Å². The molecule has 0 saturated heterocycles. The van der Waals surface area contributed by atoms with Crippen molar-refractivity contribution in [1.82, 2.24) is 4.90 Å². The number of rotatable bonds is 5. The normalized spacial score (nSPS) is 13.7. The van der Waals surface area contributed by atoms with Gasteiger partial charge in [-0.25, -0.2) is 0 Å². The van der Waals surface area contributed by atoms with Gasteiger partial charge in [0.05, 0.1) is 5.04 Å². The topological polar surface area (TPSA) is 27.1 Å². The van der Waals surface area contributed by atoms with Crippen molar-refractivity contribution in [1.29, 1.82) is 5.41 Å². The molecule has 0 heterocycles. The largest absolute Gasteiger partial charge is 0.383 e. The molecule has 0 fully saturated rings. The van der Waals surface area contributed by atoms with Gasteiger partial charge < -0.3 is 4.90 Å². The molecule has 2 nitrogen and oxygen atoms in total. The molecule has 0 amide bonds. The molecule has 1 atom stereocenters. The minimum atomic E-state index is -0.198. The third kappa shape index (κ3) is 5.31. The Hall–Kier alpha value is -0.830. The second kappa shape index (κ2) is 7.44. The summed E-state index contributed by atoms with van der Waals surface area (Å²) < 4.78 is 0. The molecular formula is C13H24N2S. The standard InChI is InChI=1S/C13H24N2S/c1-7-11(3)16(12(4)14)10-13(8-2)9-15(5)6/h9-10,14H,3,7-8H2,1-2,4-6H3. The Kier molecular flexibility index (Phi) is 7.06. The van der Waals surface area contributed by atoms with Crippen molar-refractivity contribution in [2.75, 3.05) is 14.1 Å². The highest BCUT2D eigenvalue weighted by Gasteiger charge is 2.03. The Labute approximate surface area is 102 Å². The van der Waals surface area contributed by atoms with E-state index in [2.05, 4.69) is 32.0 Å². The predicted molar refractivity (Wildman–Crippen MR) is 78.5 cm³/mol. The highest BCUT2D eigenvalue weighted by atomic mass is 32.2. The summed E-state index contributed by atoms with van der Waals surface area (Å²) in [6.45, 7) is 10.2. The monoisotopic (exact) mass is 240 g/mol. The van der Waals surface area contributed by atoms with Gasteiger partial charge in [-0.05, 0) is 35.6 Å². The summed E-state index contributed by atoms with van der Waals surface area (Å²) in [5, 5.41) is 10.7. The number of hydrogen-bond donors (Lipinski definition) is 1. The lowest BCUT2D eigenvalue weighted by Gasteiger charge is -2.12. The molecular weight excluding hydrogens is 216 g/mol. The maximum Gasteiger partial charge on any atom is 0.0597 e. The third-order valence-corrected chi connectivity index (χ3v) is 4.25. The molecule has 1 unspecified atom stereocenters. The zero-order chi connectivity index (χ0) is 12.7. The molecule has 0 aromatic heterocycles. The van der Waals surface area contributed by atoms with Crippen molar-refractivity contribution in [2.24, 2.45) is 0 Å². The molecule has 0 spiro atoms. The van der Waals surface area contributed by atoms with E-state index in [1.165, 1.54) is 5.57 Å². The van der Waals surface area contributed by atoms with Crippen LogP contribution in [0.15, 0.2) is 23.3 Å². The zero-order valence-corrected chi connectivity index (χ0v) is 11.9. The smallest absolute Gasteiger partial charge is 0.0597 e. The molecule has 0 radical (unpaired) electrons. The van der Waals surface area contributed by atoms with E-state index in [0.717, 1.165) is 17.7 Å². The first-order chi connectivity index (χ1) is 7.42. The summed E-state index contributed by atoms with van der Waals surface area (Å²) in [5.74, 6) is 0. The predicted octanol–water partition coefficient (Wildman–Crippen LogP) is 3.83. The van der Waals surface area contributed by atoms with Crippen LogP contribution in [0.4, 0.5) is 0 Å². The number of nitrogens with one attached hydrogen (secondary N) is 1. The van der Waals surface area contributed by atoms with Gasteiger partial charge in [0.25, 0.3) is 0 Å². The maximum atomic E-state index is 7.82. The van der Waals surface area contributed by atoms with Crippen LogP contribution in [0, 0.1) is 5.41 Å². The van der Waals surface area contributed by atoms with Crippen LogP contribution >= 0.6 is 10.5 Å². The lowest BCUT2D eigenvalue weighted by atomic mass is 10.2. The van der Waals surface area contributed by atoms with Crippen LogP contribution in [0.5, 0.6) is 0 Å². The molecule has 0 aliphatic carbocycles. The van der Waals surface area contributed by atoms with E-state index in [1.54, 1.807) is 0 Å². The van der Waals surface area contributed by atoms with Crippen LogP contribution in [0.1, 0.15) is 33.6 Å². The summed E-state index contributed by atoms with van der Waals surface area (Å²) in [7, 11) is 3.84. The Balaban J connectivity index is 5.18. The molecule has 0 saturated carbocycles. The third-order valence-electron chi connectivity index (χ3n) is 2.14. The summed E-state index contributed by atoms with van der Waals surface area (Å²) in [6, 6.07) is 0. The molecule has 0 aromatic carbocycles. The van der Waals surface area contributed by atoms with Crippen molar-refractivity contribution in [3.05, 3.63) is 23.3 Å². The zero-order valence-electron chi connectivity index (χ0n) is 11.1. The first-order valence-corrected chi connectivity index (χ1v) is 6.89. The van der Waals surface area contributed by atoms with Crippen molar-refractivity contribution in [3.63, 3.8) is 0 Å². The van der Waals surface area contributed by atoms with Gasteiger partial charge in [-0.1, -0.05) is 20.4 Å². The Morgan fingerprint density at radius 3 is 2.19 bits per heavy atom. The maximum absolute atomic E-state index is 7.82. The van der Waals surface area contributed by atoms with Gasteiger partial charge in [0.2, 0.25) is 0 Å². The lowest BCUT2D eigenvalue weighted by molar-refractivity contribution is 0.559. The molecule has 92 valence electrons. The van der Waals surface area contributed by atoms with E-state index in [1.807, 2.05) is 25.9 Å². The van der Waals surface area contributed by atoms with Crippen LogP contribution in [-0.4, -0.2) is 29.4 Å². The van der Waals surface area contributed by atoms with Crippen LogP contribution < -0.4 is 0 Å². The fraction of sp³-hybridized carbons (Fsp3) is 0.538. The first-order valence-electron chi connectivity index (χ1n) is 5.60. The molecule has 16 heavy (non-hydrogen) atoms. The fourth-order valence-corrected chi connectivity index (χ4v) is 2.85. The van der Waals surface area contributed by atoms with Crippen molar-refractivity contribution < 1.29 is 0 Å². The molecule has 0 aliphatic heterocycles. The lowest BCUT2D eigenvalue weighted by Crippen LogP contribution is -2.04. The van der Waals surface area contributed by atoms with Crippen LogP contribution in [0.3, 0.4) is 0 Å². The van der Waals surface area contributed by atoms with Crippen molar-refractivity contribution >= 4 is 20.9 Å². The minimum absolute atomic E-state index is 0.198. The second-order valence-corrected chi connectivity index (χ2v) is 6.03. The Morgan fingerprint density at radius 2 is 1.88 bits per heavy atom. The van der Waals surface area contributed by atoms with Crippen molar-refractivity contribution in [3.8, 4) is 0 Å². The average Bonchev–Trinajstić information content (AvgIpc) is 2.21. The van der Waals surface area contributed by atoms with Gasteiger partial charge in [-0.2, -0.15) is 0 Å². The molecule has 0 bridgehead atoms. The van der Waals surface area contributed by atoms with Gasteiger partial charge in [-0.15, -0.1) is 10.5 Å². The summed E-state index contributed by atoms with van der Waals surface area (Å²) >= 11 is 0. The van der Waals surface area contributed by atoms with E-state index in [-0.39, 0.29) is 10.5 Å². The van der Waals surface area contributed by atoms with E-state index in [0.29, 0.717) is 5.04 Å². The van der Waals surface area contributed by atoms with Gasteiger partial charge in [0.1, 0.15) is 0 Å². The molecule has 0 aliphatic rings. The molecule has 0 rings (SSSR count). The van der Waals surface area contributed by atoms with E-state index in [9.17, 15) is 0 Å². The minimum Gasteiger partial charge on any atom is -0.383 e. The van der Waals surface area contributed by atoms with Crippen LogP contribution in [0.25, 0.3) is 0 Å². The van der Waals surface area contributed by atoms with Crippen molar-refractivity contribution in [2.45, 2.75) is 33.6 Å². The van der Waals surface area contributed by atoms with Gasteiger partial charge in [0, 0.05) is 20.3 Å². The number of allylic oxidation sites excluding steroid dienone is 2. The van der Waals surface area contributed by atoms with E-state index in [4.69, 9.17) is 5.41 Å². The summed E-state index contributed by atoms with van der Waals surface area (Å²) in [6.07, 6.45) is 4.05. The van der Waals surface area contributed by atoms with Gasteiger partial charge >= 0.3 is 0 Å². The SMILES string of the molecule is C=C(CC)S(=CC(=CN(C)C)CC)C(C)=N. The number of hydrogen-bond acceptors (Lipinski definition) is 2. The highest BCUT2D eigenvalue weighted by Crippen LogP contribution is 2.28. The average molecular weight is 240 g/mol.